The first kappa shape index (κ1) is 11.9. The summed E-state index contributed by atoms with van der Waals surface area (Å²) < 4.78 is 25.5. The molecule has 0 spiro atoms. The van der Waals surface area contributed by atoms with E-state index >= 15 is 0 Å². The lowest BCUT2D eigenvalue weighted by atomic mass is 10.2. The van der Waals surface area contributed by atoms with Gasteiger partial charge in [0.15, 0.2) is 0 Å². The average Bonchev–Trinajstić information content (AvgIpc) is 1.83. The number of hydrogen-bond donors (Lipinski definition) is 1. The van der Waals surface area contributed by atoms with Crippen molar-refractivity contribution in [2.45, 2.75) is 13.8 Å². The van der Waals surface area contributed by atoms with Gasteiger partial charge in [-0.25, -0.2) is 0 Å². The van der Waals surface area contributed by atoms with Crippen LogP contribution in [0.5, 0.6) is 0 Å². The summed E-state index contributed by atoms with van der Waals surface area (Å²) in [5.41, 5.74) is 0. The molecule has 0 saturated heterocycles. The molecule has 0 saturated carbocycles. The van der Waals surface area contributed by atoms with Gasteiger partial charge in [-0.15, -0.1) is 0 Å². The first-order valence-corrected chi connectivity index (χ1v) is 5.78. The highest BCUT2D eigenvalue weighted by molar-refractivity contribution is 7.85. The fourth-order valence-electron chi connectivity index (χ4n) is 0.656. The molecule has 0 rings (SSSR count). The van der Waals surface area contributed by atoms with Crippen LogP contribution in [0.4, 0.5) is 0 Å². The molecular weight excluding hydrogens is 178 g/mol. The van der Waals surface area contributed by atoms with E-state index in [0.29, 0.717) is 12.5 Å². The summed E-state index contributed by atoms with van der Waals surface area (Å²) in [4.78, 5) is 0. The molecule has 0 bridgehead atoms. The van der Waals surface area contributed by atoms with E-state index in [0.717, 1.165) is 12.8 Å². The molecule has 0 aromatic rings. The smallest absolute Gasteiger partial charge is 0.264 e. The van der Waals surface area contributed by atoms with E-state index in [4.69, 9.17) is 0 Å². The van der Waals surface area contributed by atoms with Crippen LogP contribution in [-0.4, -0.2) is 34.4 Å². The van der Waals surface area contributed by atoms with Crippen LogP contribution in [0, 0.1) is 5.92 Å². The summed E-state index contributed by atoms with van der Waals surface area (Å²) in [7, 11) is -3.26. The Kier molecular flexibility index (Phi) is 5.44. The van der Waals surface area contributed by atoms with E-state index in [-0.39, 0.29) is 6.61 Å². The monoisotopic (exact) mass is 195 g/mol. The average molecular weight is 195 g/mol. The Balaban J connectivity index is 3.23. The topological polar surface area (TPSA) is 55.4 Å². The van der Waals surface area contributed by atoms with Crippen LogP contribution in [0.1, 0.15) is 13.8 Å². The third kappa shape index (κ3) is 9.87. The maximum atomic E-state index is 10.5. The summed E-state index contributed by atoms with van der Waals surface area (Å²) in [5, 5.41) is 3.07. The van der Waals surface area contributed by atoms with Crippen LogP contribution < -0.4 is 5.32 Å². The Hall–Kier alpha value is -0.130. The summed E-state index contributed by atoms with van der Waals surface area (Å²) in [6.07, 6.45) is 1.05. The highest BCUT2D eigenvalue weighted by Crippen LogP contribution is 1.87. The molecule has 0 aliphatic carbocycles. The SMILES string of the molecule is CC(C)CNCCOS(C)(=O)=O. The Labute approximate surface area is 74.4 Å². The molecule has 12 heavy (non-hydrogen) atoms. The van der Waals surface area contributed by atoms with E-state index < -0.39 is 10.1 Å². The highest BCUT2D eigenvalue weighted by atomic mass is 32.2. The predicted molar refractivity (Wildman–Crippen MR) is 48.5 cm³/mol. The maximum Gasteiger partial charge on any atom is 0.264 e. The van der Waals surface area contributed by atoms with Gasteiger partial charge in [0.2, 0.25) is 0 Å². The summed E-state index contributed by atoms with van der Waals surface area (Å²) in [6.45, 7) is 5.85. The molecule has 0 heterocycles. The molecule has 0 aliphatic heterocycles. The molecule has 0 aromatic heterocycles. The van der Waals surface area contributed by atoms with Crippen molar-refractivity contribution >= 4 is 10.1 Å². The normalized spacial score (nSPS) is 12.3. The highest BCUT2D eigenvalue weighted by Gasteiger charge is 1.99. The molecule has 0 radical (unpaired) electrons. The van der Waals surface area contributed by atoms with E-state index in [1.807, 2.05) is 0 Å². The molecule has 0 aromatic carbocycles. The first-order valence-electron chi connectivity index (χ1n) is 3.97. The first-order chi connectivity index (χ1) is 5.42. The third-order valence-corrected chi connectivity index (χ3v) is 1.72. The van der Waals surface area contributed by atoms with Crippen molar-refractivity contribution in [1.29, 1.82) is 0 Å². The van der Waals surface area contributed by atoms with E-state index in [1.54, 1.807) is 0 Å². The number of nitrogens with one attached hydrogen (secondary N) is 1. The maximum absolute atomic E-state index is 10.5. The van der Waals surface area contributed by atoms with Crippen molar-refractivity contribution in [3.05, 3.63) is 0 Å². The van der Waals surface area contributed by atoms with Crippen molar-refractivity contribution in [2.24, 2.45) is 5.92 Å². The van der Waals surface area contributed by atoms with Gasteiger partial charge in [-0.05, 0) is 12.5 Å². The lowest BCUT2D eigenvalue weighted by molar-refractivity contribution is 0.315. The van der Waals surface area contributed by atoms with Gasteiger partial charge >= 0.3 is 0 Å². The molecular formula is C7H17NO3S. The molecule has 4 nitrogen and oxygen atoms in total. The zero-order chi connectivity index (χ0) is 9.61. The van der Waals surface area contributed by atoms with Crippen molar-refractivity contribution in [3.63, 3.8) is 0 Å². The fraction of sp³-hybridized carbons (Fsp3) is 1.00. The van der Waals surface area contributed by atoms with Gasteiger partial charge in [0.1, 0.15) is 0 Å². The van der Waals surface area contributed by atoms with Crippen LogP contribution in [0.2, 0.25) is 0 Å². The molecule has 0 aliphatic rings. The van der Waals surface area contributed by atoms with Crippen molar-refractivity contribution in [3.8, 4) is 0 Å². The largest absolute Gasteiger partial charge is 0.314 e. The van der Waals surface area contributed by atoms with Gasteiger partial charge in [-0.2, -0.15) is 8.42 Å². The quantitative estimate of drug-likeness (QED) is 0.486. The molecule has 5 heteroatoms. The Morgan fingerprint density at radius 1 is 1.42 bits per heavy atom. The van der Waals surface area contributed by atoms with Gasteiger partial charge in [-0.3, -0.25) is 4.18 Å². The summed E-state index contributed by atoms with van der Waals surface area (Å²) in [6, 6.07) is 0. The van der Waals surface area contributed by atoms with E-state index in [2.05, 4.69) is 23.3 Å². The molecule has 0 fully saturated rings. The lowest BCUT2D eigenvalue weighted by Crippen LogP contribution is -2.24. The third-order valence-electron chi connectivity index (χ3n) is 1.13. The molecule has 0 unspecified atom stereocenters. The van der Waals surface area contributed by atoms with Gasteiger partial charge in [0.25, 0.3) is 10.1 Å². The minimum absolute atomic E-state index is 0.214. The van der Waals surface area contributed by atoms with Crippen LogP contribution >= 0.6 is 0 Å². The van der Waals surface area contributed by atoms with Gasteiger partial charge < -0.3 is 5.32 Å². The van der Waals surface area contributed by atoms with Gasteiger partial charge in [0, 0.05) is 6.54 Å². The second kappa shape index (κ2) is 5.50. The molecule has 1 N–H and O–H groups in total. The Morgan fingerprint density at radius 3 is 2.42 bits per heavy atom. The summed E-state index contributed by atoms with van der Waals surface area (Å²) >= 11 is 0. The Bertz CT molecular complexity index is 199. The number of hydrogen-bond acceptors (Lipinski definition) is 4. The second-order valence-electron chi connectivity index (χ2n) is 3.12. The minimum Gasteiger partial charge on any atom is -0.314 e. The van der Waals surface area contributed by atoms with Crippen LogP contribution in [-0.2, 0) is 14.3 Å². The van der Waals surface area contributed by atoms with Gasteiger partial charge in [-0.1, -0.05) is 13.8 Å². The van der Waals surface area contributed by atoms with Crippen LogP contribution in [0.25, 0.3) is 0 Å². The van der Waals surface area contributed by atoms with Crippen molar-refractivity contribution in [2.75, 3.05) is 26.0 Å². The van der Waals surface area contributed by atoms with E-state index in [9.17, 15) is 8.42 Å². The van der Waals surface area contributed by atoms with Crippen molar-refractivity contribution in [1.82, 2.24) is 5.32 Å². The van der Waals surface area contributed by atoms with Crippen LogP contribution in [0.15, 0.2) is 0 Å². The summed E-state index contributed by atoms with van der Waals surface area (Å²) in [5.74, 6) is 0.572. The molecule has 74 valence electrons. The lowest BCUT2D eigenvalue weighted by Gasteiger charge is -2.06. The molecule has 0 amide bonds. The van der Waals surface area contributed by atoms with E-state index in [1.165, 1.54) is 0 Å². The van der Waals surface area contributed by atoms with Crippen LogP contribution in [0.3, 0.4) is 0 Å². The Morgan fingerprint density at radius 2 is 2.00 bits per heavy atom. The zero-order valence-electron chi connectivity index (χ0n) is 7.83. The minimum atomic E-state index is -3.26. The predicted octanol–water partition coefficient (Wildman–Crippen LogP) is 0.208. The standard InChI is InChI=1S/C7H17NO3S/c1-7(2)6-8-4-5-11-12(3,9)10/h7-8H,4-6H2,1-3H3. The zero-order valence-corrected chi connectivity index (χ0v) is 8.65. The van der Waals surface area contributed by atoms with Gasteiger partial charge in [0.05, 0.1) is 12.9 Å². The molecule has 0 atom stereocenters. The fourth-order valence-corrected chi connectivity index (χ4v) is 1.04. The van der Waals surface area contributed by atoms with Crippen molar-refractivity contribution < 1.29 is 12.6 Å². The number of rotatable bonds is 6. The second-order valence-corrected chi connectivity index (χ2v) is 4.77.